The third-order valence-corrected chi connectivity index (χ3v) is 5.20. The van der Waals surface area contributed by atoms with Crippen molar-refractivity contribution in [3.63, 3.8) is 0 Å². The van der Waals surface area contributed by atoms with Crippen LogP contribution in [0.5, 0.6) is 0 Å². The Morgan fingerprint density at radius 3 is 2.90 bits per heavy atom. The SMILES string of the molecule is CN1C(=O)C2=C(C1O)N(CC(=O)Nc1ccc(-c3cccc(F)c3)nc1)CCC2. The van der Waals surface area contributed by atoms with Crippen molar-refractivity contribution in [3.8, 4) is 11.3 Å². The lowest BCUT2D eigenvalue weighted by Crippen LogP contribution is -2.40. The number of aromatic nitrogens is 1. The second-order valence-corrected chi connectivity index (χ2v) is 7.17. The normalized spacial score (nSPS) is 18.9. The lowest BCUT2D eigenvalue weighted by Gasteiger charge is -2.31. The van der Waals surface area contributed by atoms with Crippen molar-refractivity contribution >= 4 is 17.5 Å². The molecule has 2 aliphatic heterocycles. The Kier molecular flexibility index (Phi) is 5.02. The van der Waals surface area contributed by atoms with Crippen molar-refractivity contribution < 1.29 is 19.1 Å². The third kappa shape index (κ3) is 3.71. The van der Waals surface area contributed by atoms with Gasteiger partial charge < -0.3 is 20.2 Å². The highest BCUT2D eigenvalue weighted by atomic mass is 19.1. The van der Waals surface area contributed by atoms with Crippen molar-refractivity contribution in [3.05, 3.63) is 59.7 Å². The number of carbonyl (C=O) groups is 2. The highest BCUT2D eigenvalue weighted by Crippen LogP contribution is 2.32. The predicted molar refractivity (Wildman–Crippen MR) is 105 cm³/mol. The smallest absolute Gasteiger partial charge is 0.253 e. The van der Waals surface area contributed by atoms with E-state index in [9.17, 15) is 19.1 Å². The molecule has 4 rings (SSSR count). The van der Waals surface area contributed by atoms with E-state index < -0.39 is 6.23 Å². The summed E-state index contributed by atoms with van der Waals surface area (Å²) in [6.45, 7) is 0.629. The summed E-state index contributed by atoms with van der Waals surface area (Å²) in [4.78, 5) is 32.0. The molecular formula is C21H21FN4O3. The third-order valence-electron chi connectivity index (χ3n) is 5.20. The number of anilines is 1. The molecule has 0 radical (unpaired) electrons. The maximum absolute atomic E-state index is 13.4. The van der Waals surface area contributed by atoms with Crippen LogP contribution in [0.25, 0.3) is 11.3 Å². The van der Waals surface area contributed by atoms with Gasteiger partial charge in [-0.3, -0.25) is 14.6 Å². The van der Waals surface area contributed by atoms with E-state index in [0.29, 0.717) is 41.2 Å². The largest absolute Gasteiger partial charge is 0.368 e. The average Bonchev–Trinajstić information content (AvgIpc) is 2.93. The minimum atomic E-state index is -1.02. The number of halogens is 1. The van der Waals surface area contributed by atoms with E-state index in [1.165, 1.54) is 23.2 Å². The Labute approximate surface area is 167 Å². The Hall–Kier alpha value is -3.26. The first-order valence-corrected chi connectivity index (χ1v) is 9.39. The molecule has 2 aromatic rings. The lowest BCUT2D eigenvalue weighted by molar-refractivity contribution is -0.130. The summed E-state index contributed by atoms with van der Waals surface area (Å²) in [6.07, 6.45) is 1.86. The number of carbonyl (C=O) groups excluding carboxylic acids is 2. The van der Waals surface area contributed by atoms with Gasteiger partial charge in [-0.1, -0.05) is 12.1 Å². The van der Waals surface area contributed by atoms with Crippen LogP contribution in [0.3, 0.4) is 0 Å². The number of aliphatic hydroxyl groups excluding tert-OH is 1. The number of aliphatic hydroxyl groups is 1. The highest BCUT2D eigenvalue weighted by Gasteiger charge is 2.40. The fraction of sp³-hybridized carbons (Fsp3) is 0.286. The molecule has 1 aromatic carbocycles. The second-order valence-electron chi connectivity index (χ2n) is 7.17. The summed E-state index contributed by atoms with van der Waals surface area (Å²) in [5.74, 6) is -0.793. The molecule has 0 fully saturated rings. The Morgan fingerprint density at radius 1 is 1.34 bits per heavy atom. The van der Waals surface area contributed by atoms with Gasteiger partial charge in [0, 0.05) is 24.7 Å². The van der Waals surface area contributed by atoms with E-state index in [1.54, 1.807) is 36.2 Å². The average molecular weight is 396 g/mol. The molecule has 8 heteroatoms. The van der Waals surface area contributed by atoms with Gasteiger partial charge in [-0.05, 0) is 37.1 Å². The summed E-state index contributed by atoms with van der Waals surface area (Å²) < 4.78 is 13.4. The van der Waals surface area contributed by atoms with Gasteiger partial charge in [0.25, 0.3) is 5.91 Å². The summed E-state index contributed by atoms with van der Waals surface area (Å²) in [7, 11) is 1.55. The first-order chi connectivity index (χ1) is 13.9. The van der Waals surface area contributed by atoms with E-state index in [1.807, 2.05) is 0 Å². The van der Waals surface area contributed by atoms with Crippen LogP contribution in [0.2, 0.25) is 0 Å². The number of benzene rings is 1. The van der Waals surface area contributed by atoms with Gasteiger partial charge >= 0.3 is 0 Å². The molecular weight excluding hydrogens is 375 g/mol. The molecule has 2 N–H and O–H groups in total. The van der Waals surface area contributed by atoms with Crippen LogP contribution in [-0.2, 0) is 9.59 Å². The molecule has 150 valence electrons. The van der Waals surface area contributed by atoms with E-state index in [2.05, 4.69) is 10.3 Å². The Morgan fingerprint density at radius 2 is 2.17 bits per heavy atom. The molecule has 1 unspecified atom stereocenters. The number of nitrogens with one attached hydrogen (secondary N) is 1. The summed E-state index contributed by atoms with van der Waals surface area (Å²) in [6, 6.07) is 9.55. The number of amides is 2. The van der Waals surface area contributed by atoms with Gasteiger partial charge in [0.05, 0.1) is 29.8 Å². The quantitative estimate of drug-likeness (QED) is 0.825. The van der Waals surface area contributed by atoms with Crippen LogP contribution in [-0.4, -0.2) is 58.1 Å². The monoisotopic (exact) mass is 396 g/mol. The Balaban J connectivity index is 1.43. The van der Waals surface area contributed by atoms with Crippen LogP contribution in [0.4, 0.5) is 10.1 Å². The molecule has 2 amide bonds. The zero-order valence-electron chi connectivity index (χ0n) is 15.9. The lowest BCUT2D eigenvalue weighted by atomic mass is 10.0. The van der Waals surface area contributed by atoms with Gasteiger partial charge in [-0.15, -0.1) is 0 Å². The Bertz CT molecular complexity index is 990. The highest BCUT2D eigenvalue weighted by molar-refractivity contribution is 5.98. The molecule has 0 aliphatic carbocycles. The van der Waals surface area contributed by atoms with Crippen LogP contribution in [0.15, 0.2) is 53.9 Å². The van der Waals surface area contributed by atoms with Gasteiger partial charge in [0.2, 0.25) is 5.91 Å². The number of hydrogen-bond donors (Lipinski definition) is 2. The van der Waals surface area contributed by atoms with Gasteiger partial charge in [0.15, 0.2) is 6.23 Å². The number of rotatable bonds is 4. The van der Waals surface area contributed by atoms with Gasteiger partial charge in [-0.2, -0.15) is 0 Å². The number of nitrogens with zero attached hydrogens (tertiary/aromatic N) is 3. The van der Waals surface area contributed by atoms with Crippen molar-refractivity contribution in [1.82, 2.24) is 14.8 Å². The number of pyridine rings is 1. The van der Waals surface area contributed by atoms with Crippen molar-refractivity contribution in [1.29, 1.82) is 0 Å². The van der Waals surface area contributed by atoms with Crippen LogP contribution < -0.4 is 5.32 Å². The minimum Gasteiger partial charge on any atom is -0.368 e. The fourth-order valence-corrected chi connectivity index (χ4v) is 3.75. The second kappa shape index (κ2) is 7.63. The molecule has 1 atom stereocenters. The summed E-state index contributed by atoms with van der Waals surface area (Å²) in [5, 5.41) is 13.1. The molecule has 0 bridgehead atoms. The molecule has 3 heterocycles. The number of hydrogen-bond acceptors (Lipinski definition) is 5. The van der Waals surface area contributed by atoms with Crippen LogP contribution >= 0.6 is 0 Å². The minimum absolute atomic E-state index is 0.0304. The summed E-state index contributed by atoms with van der Waals surface area (Å²) >= 11 is 0. The van der Waals surface area contributed by atoms with Gasteiger partial charge in [-0.25, -0.2) is 4.39 Å². The van der Waals surface area contributed by atoms with Gasteiger partial charge in [0.1, 0.15) is 5.82 Å². The molecule has 2 aliphatic rings. The van der Waals surface area contributed by atoms with Crippen LogP contribution in [0.1, 0.15) is 12.8 Å². The van der Waals surface area contributed by atoms with Crippen LogP contribution in [0, 0.1) is 5.82 Å². The molecule has 7 nitrogen and oxygen atoms in total. The fourth-order valence-electron chi connectivity index (χ4n) is 3.75. The molecule has 0 saturated heterocycles. The first kappa shape index (κ1) is 19.1. The van der Waals surface area contributed by atoms with Crippen molar-refractivity contribution in [2.24, 2.45) is 0 Å². The zero-order valence-corrected chi connectivity index (χ0v) is 15.9. The van der Waals surface area contributed by atoms with E-state index in [-0.39, 0.29) is 24.2 Å². The molecule has 1 aromatic heterocycles. The predicted octanol–water partition coefficient (Wildman–Crippen LogP) is 1.97. The van der Waals surface area contributed by atoms with E-state index >= 15 is 0 Å². The standard InChI is InChI=1S/C21H21FN4O3/c1-25-20(28)16-6-3-9-26(19(16)21(25)29)12-18(27)24-15-7-8-17(23-11-15)13-4-2-5-14(22)10-13/h2,4-5,7-8,10-11,21,29H,3,6,9,12H2,1H3,(H,24,27). The van der Waals surface area contributed by atoms with Crippen molar-refractivity contribution in [2.75, 3.05) is 25.5 Å². The van der Waals surface area contributed by atoms with E-state index in [0.717, 1.165) is 6.42 Å². The molecule has 29 heavy (non-hydrogen) atoms. The molecule has 0 spiro atoms. The maximum Gasteiger partial charge on any atom is 0.253 e. The first-order valence-electron chi connectivity index (χ1n) is 9.39. The summed E-state index contributed by atoms with van der Waals surface area (Å²) in [5.41, 5.74) is 2.88. The van der Waals surface area contributed by atoms with E-state index in [4.69, 9.17) is 0 Å². The maximum atomic E-state index is 13.4. The zero-order chi connectivity index (χ0) is 20.5. The van der Waals surface area contributed by atoms with Crippen molar-refractivity contribution in [2.45, 2.75) is 19.1 Å². The molecule has 0 saturated carbocycles. The topological polar surface area (TPSA) is 85.8 Å². The number of likely N-dealkylation sites (N-methyl/N-ethyl adjacent to an activating group) is 1.